The van der Waals surface area contributed by atoms with E-state index in [0.29, 0.717) is 26.0 Å². The second kappa shape index (κ2) is 6.67. The lowest BCUT2D eigenvalue weighted by molar-refractivity contribution is -0.113. The highest BCUT2D eigenvalue weighted by molar-refractivity contribution is 8.27. The third kappa shape index (κ3) is 3.16. The van der Waals surface area contributed by atoms with Gasteiger partial charge in [-0.2, -0.15) is 0 Å². The molecule has 0 spiro atoms. The highest BCUT2D eigenvalue weighted by Gasteiger charge is 2.33. The lowest BCUT2D eigenvalue weighted by Gasteiger charge is -2.14. The van der Waals surface area contributed by atoms with Gasteiger partial charge in [0.05, 0.1) is 10.6 Å². The topological polar surface area (TPSA) is 37.4 Å². The van der Waals surface area contributed by atoms with Gasteiger partial charge in [-0.3, -0.25) is 14.5 Å². The third-order valence-electron chi connectivity index (χ3n) is 3.52. The number of rotatable bonds is 3. The van der Waals surface area contributed by atoms with E-state index in [4.69, 9.17) is 12.2 Å². The number of hydrogen-bond donors (Lipinski definition) is 0. The molecule has 1 aliphatic heterocycles. The van der Waals surface area contributed by atoms with E-state index in [2.05, 4.69) is 0 Å². The highest BCUT2D eigenvalue weighted by atomic mass is 32.2. The van der Waals surface area contributed by atoms with Gasteiger partial charge in [-0.25, -0.2) is 4.39 Å². The number of thioether (sulfide) groups is 1. The molecule has 0 atom stereocenters. The summed E-state index contributed by atoms with van der Waals surface area (Å²) in [7, 11) is 0. The number of anilines is 1. The van der Waals surface area contributed by atoms with Gasteiger partial charge in [-0.1, -0.05) is 42.2 Å². The van der Waals surface area contributed by atoms with Crippen LogP contribution in [0.4, 0.5) is 10.1 Å². The Labute approximate surface area is 148 Å². The average Bonchev–Trinajstić information content (AvgIpc) is 2.84. The molecule has 120 valence electrons. The van der Waals surface area contributed by atoms with Crippen LogP contribution in [0.15, 0.2) is 53.4 Å². The summed E-state index contributed by atoms with van der Waals surface area (Å²) in [6, 6.07) is 12.9. The Balaban J connectivity index is 1.92. The monoisotopic (exact) mass is 357 g/mol. The zero-order valence-electron chi connectivity index (χ0n) is 12.7. The number of amides is 1. The molecule has 0 saturated carbocycles. The van der Waals surface area contributed by atoms with Crippen LogP contribution in [0.3, 0.4) is 0 Å². The van der Waals surface area contributed by atoms with E-state index >= 15 is 0 Å². The SMILES string of the molecule is CC(=O)c1ccc(N2C(=O)C(=Cc3ccccc3F)SC2=S)cc1. The van der Waals surface area contributed by atoms with E-state index in [1.165, 1.54) is 24.0 Å². The van der Waals surface area contributed by atoms with Crippen LogP contribution in [0.25, 0.3) is 6.08 Å². The quantitative estimate of drug-likeness (QED) is 0.462. The standard InChI is InChI=1S/C18H12FNO2S2/c1-11(21)12-6-8-14(9-7-12)20-17(22)16(24-18(20)23)10-13-4-2-3-5-15(13)19/h2-10H,1H3. The predicted molar refractivity (Wildman–Crippen MR) is 98.5 cm³/mol. The smallest absolute Gasteiger partial charge is 0.270 e. The molecule has 3 rings (SSSR count). The number of ketones is 1. The summed E-state index contributed by atoms with van der Waals surface area (Å²) in [4.78, 5) is 25.7. The fraction of sp³-hybridized carbons (Fsp3) is 0.0556. The number of carbonyl (C=O) groups excluding carboxylic acids is 2. The Hall–Kier alpha value is -2.31. The summed E-state index contributed by atoms with van der Waals surface area (Å²) in [6.07, 6.45) is 1.50. The largest absolute Gasteiger partial charge is 0.295 e. The molecular weight excluding hydrogens is 345 g/mol. The van der Waals surface area contributed by atoms with Crippen molar-refractivity contribution in [2.45, 2.75) is 6.92 Å². The molecule has 0 bridgehead atoms. The van der Waals surface area contributed by atoms with Gasteiger partial charge in [0.2, 0.25) is 0 Å². The number of carbonyl (C=O) groups is 2. The molecule has 24 heavy (non-hydrogen) atoms. The van der Waals surface area contributed by atoms with Crippen molar-refractivity contribution in [3.05, 3.63) is 70.4 Å². The third-order valence-corrected chi connectivity index (χ3v) is 4.82. The first kappa shape index (κ1) is 16.5. The fourth-order valence-corrected chi connectivity index (χ4v) is 3.56. The van der Waals surface area contributed by atoms with Gasteiger partial charge in [-0.15, -0.1) is 0 Å². The van der Waals surface area contributed by atoms with Gasteiger partial charge < -0.3 is 0 Å². The fourth-order valence-electron chi connectivity index (χ4n) is 2.27. The summed E-state index contributed by atoms with van der Waals surface area (Å²) in [6.45, 7) is 1.48. The van der Waals surface area contributed by atoms with Crippen LogP contribution in [0.5, 0.6) is 0 Å². The summed E-state index contributed by atoms with van der Waals surface area (Å²) in [5, 5.41) is 0. The number of nitrogens with zero attached hydrogens (tertiary/aromatic N) is 1. The Morgan fingerprint density at radius 3 is 2.46 bits per heavy atom. The maximum atomic E-state index is 13.8. The van der Waals surface area contributed by atoms with E-state index in [1.54, 1.807) is 42.5 Å². The van der Waals surface area contributed by atoms with Crippen LogP contribution < -0.4 is 4.90 Å². The van der Waals surface area contributed by atoms with Crippen molar-refractivity contribution in [3.8, 4) is 0 Å². The molecule has 0 unspecified atom stereocenters. The zero-order chi connectivity index (χ0) is 17.3. The number of hydrogen-bond acceptors (Lipinski definition) is 4. The van der Waals surface area contributed by atoms with Crippen LogP contribution in [0.1, 0.15) is 22.8 Å². The second-order valence-electron chi connectivity index (χ2n) is 5.14. The zero-order valence-corrected chi connectivity index (χ0v) is 14.3. The molecule has 1 aliphatic rings. The molecule has 6 heteroatoms. The van der Waals surface area contributed by atoms with Crippen molar-refractivity contribution in [1.82, 2.24) is 0 Å². The average molecular weight is 357 g/mol. The molecule has 1 saturated heterocycles. The maximum Gasteiger partial charge on any atom is 0.270 e. The van der Waals surface area contributed by atoms with E-state index < -0.39 is 5.82 Å². The minimum Gasteiger partial charge on any atom is -0.295 e. The summed E-state index contributed by atoms with van der Waals surface area (Å²) in [5.74, 6) is -0.746. The molecule has 2 aromatic carbocycles. The van der Waals surface area contributed by atoms with E-state index in [0.717, 1.165) is 11.8 Å². The predicted octanol–water partition coefficient (Wildman–Crippen LogP) is 4.43. The number of Topliss-reactive ketones (excluding diaryl/α,β-unsaturated/α-hetero) is 1. The van der Waals surface area contributed by atoms with Crippen molar-refractivity contribution >= 4 is 51.8 Å². The van der Waals surface area contributed by atoms with Gasteiger partial charge >= 0.3 is 0 Å². The van der Waals surface area contributed by atoms with Crippen molar-refractivity contribution in [3.63, 3.8) is 0 Å². The molecule has 1 amide bonds. The first-order valence-corrected chi connectivity index (χ1v) is 8.33. The molecule has 2 aromatic rings. The lowest BCUT2D eigenvalue weighted by Crippen LogP contribution is -2.27. The molecule has 0 radical (unpaired) electrons. The van der Waals surface area contributed by atoms with Gasteiger partial charge in [0.25, 0.3) is 5.91 Å². The van der Waals surface area contributed by atoms with Crippen LogP contribution >= 0.6 is 24.0 Å². The Morgan fingerprint density at radius 2 is 1.83 bits per heavy atom. The highest BCUT2D eigenvalue weighted by Crippen LogP contribution is 2.36. The van der Waals surface area contributed by atoms with Crippen LogP contribution in [0, 0.1) is 5.82 Å². The first-order chi connectivity index (χ1) is 11.5. The first-order valence-electron chi connectivity index (χ1n) is 7.11. The molecule has 1 fully saturated rings. The second-order valence-corrected chi connectivity index (χ2v) is 6.82. The summed E-state index contributed by atoms with van der Waals surface area (Å²) in [5.41, 5.74) is 1.48. The van der Waals surface area contributed by atoms with E-state index in [9.17, 15) is 14.0 Å². The normalized spacial score (nSPS) is 16.1. The summed E-state index contributed by atoms with van der Waals surface area (Å²) < 4.78 is 14.1. The van der Waals surface area contributed by atoms with Crippen LogP contribution in [-0.2, 0) is 4.79 Å². The van der Waals surface area contributed by atoms with Crippen molar-refractivity contribution < 1.29 is 14.0 Å². The Bertz CT molecular complexity index is 875. The van der Waals surface area contributed by atoms with Crippen LogP contribution in [-0.4, -0.2) is 16.0 Å². The molecule has 3 nitrogen and oxygen atoms in total. The van der Waals surface area contributed by atoms with Crippen molar-refractivity contribution in [2.75, 3.05) is 4.90 Å². The number of thiocarbonyl (C=S) groups is 1. The Kier molecular flexibility index (Phi) is 4.59. The van der Waals surface area contributed by atoms with Gasteiger partial charge in [0.15, 0.2) is 10.1 Å². The summed E-state index contributed by atoms with van der Waals surface area (Å²) >= 11 is 6.40. The molecular formula is C18H12FNO2S2. The molecule has 0 aliphatic carbocycles. The van der Waals surface area contributed by atoms with Gasteiger partial charge in [0, 0.05) is 11.1 Å². The van der Waals surface area contributed by atoms with Crippen molar-refractivity contribution in [2.24, 2.45) is 0 Å². The lowest BCUT2D eigenvalue weighted by atomic mass is 10.1. The Morgan fingerprint density at radius 1 is 1.17 bits per heavy atom. The minimum atomic E-state index is -0.395. The molecule has 0 aromatic heterocycles. The van der Waals surface area contributed by atoms with E-state index in [1.807, 2.05) is 0 Å². The minimum absolute atomic E-state index is 0.0496. The number of halogens is 1. The van der Waals surface area contributed by atoms with Crippen molar-refractivity contribution in [1.29, 1.82) is 0 Å². The van der Waals surface area contributed by atoms with Crippen LogP contribution in [0.2, 0.25) is 0 Å². The number of benzene rings is 2. The molecule has 0 N–H and O–H groups in total. The van der Waals surface area contributed by atoms with Gasteiger partial charge in [0.1, 0.15) is 5.82 Å². The maximum absolute atomic E-state index is 13.8. The van der Waals surface area contributed by atoms with Gasteiger partial charge in [-0.05, 0) is 43.3 Å². The van der Waals surface area contributed by atoms with E-state index in [-0.39, 0.29) is 11.7 Å². The molecule has 1 heterocycles.